The van der Waals surface area contributed by atoms with Crippen LogP contribution in [0.4, 0.5) is 8.78 Å². The lowest BCUT2D eigenvalue weighted by atomic mass is 9.92. The zero-order chi connectivity index (χ0) is 10.8. The summed E-state index contributed by atoms with van der Waals surface area (Å²) in [6, 6.07) is 3.87. The van der Waals surface area contributed by atoms with Crippen LogP contribution in [0.2, 0.25) is 0 Å². The SMILES string of the molecule is Cl.N[C@H](c1cccc(F)c1F)C1CCCC1. The molecule has 2 N–H and O–H groups in total. The van der Waals surface area contributed by atoms with Crippen LogP contribution in [0.3, 0.4) is 0 Å². The molecule has 4 heteroatoms. The van der Waals surface area contributed by atoms with E-state index in [0.717, 1.165) is 31.7 Å². The third-order valence-corrected chi connectivity index (χ3v) is 3.25. The third kappa shape index (κ3) is 2.53. The monoisotopic (exact) mass is 247 g/mol. The first-order valence-corrected chi connectivity index (χ1v) is 5.39. The molecule has 90 valence electrons. The highest BCUT2D eigenvalue weighted by molar-refractivity contribution is 5.85. The first-order valence-electron chi connectivity index (χ1n) is 5.39. The van der Waals surface area contributed by atoms with Crippen molar-refractivity contribution in [3.63, 3.8) is 0 Å². The maximum absolute atomic E-state index is 13.5. The smallest absolute Gasteiger partial charge is 0.163 e. The Bertz CT molecular complexity index is 351. The average molecular weight is 248 g/mol. The molecule has 0 radical (unpaired) electrons. The van der Waals surface area contributed by atoms with Crippen molar-refractivity contribution in [2.24, 2.45) is 11.7 Å². The Kier molecular flexibility index (Phi) is 4.69. The summed E-state index contributed by atoms with van der Waals surface area (Å²) in [5.41, 5.74) is 6.28. The molecule has 2 rings (SSSR count). The Morgan fingerprint density at radius 1 is 1.19 bits per heavy atom. The van der Waals surface area contributed by atoms with Gasteiger partial charge in [-0.25, -0.2) is 8.78 Å². The normalized spacial score (nSPS) is 18.2. The van der Waals surface area contributed by atoms with E-state index >= 15 is 0 Å². The van der Waals surface area contributed by atoms with Gasteiger partial charge in [-0.05, 0) is 24.8 Å². The Hall–Kier alpha value is -0.670. The van der Waals surface area contributed by atoms with Crippen molar-refractivity contribution in [1.29, 1.82) is 0 Å². The first kappa shape index (κ1) is 13.4. The van der Waals surface area contributed by atoms with Crippen LogP contribution in [-0.2, 0) is 0 Å². The van der Waals surface area contributed by atoms with E-state index < -0.39 is 11.6 Å². The summed E-state index contributed by atoms with van der Waals surface area (Å²) in [6.45, 7) is 0. The Morgan fingerprint density at radius 3 is 2.44 bits per heavy atom. The zero-order valence-corrected chi connectivity index (χ0v) is 9.77. The van der Waals surface area contributed by atoms with Gasteiger partial charge in [-0.3, -0.25) is 0 Å². The summed E-state index contributed by atoms with van der Waals surface area (Å²) in [5.74, 6) is -1.28. The topological polar surface area (TPSA) is 26.0 Å². The van der Waals surface area contributed by atoms with Gasteiger partial charge in [0.1, 0.15) is 0 Å². The lowest BCUT2D eigenvalue weighted by Crippen LogP contribution is -2.20. The molecule has 1 saturated carbocycles. The molecule has 1 aromatic rings. The van der Waals surface area contributed by atoms with Crippen LogP contribution in [0, 0.1) is 17.6 Å². The molecule has 1 aliphatic carbocycles. The lowest BCUT2D eigenvalue weighted by molar-refractivity contribution is 0.415. The number of hydrogen-bond donors (Lipinski definition) is 1. The van der Waals surface area contributed by atoms with Gasteiger partial charge >= 0.3 is 0 Å². The minimum Gasteiger partial charge on any atom is -0.324 e. The number of nitrogens with two attached hydrogens (primary N) is 1. The molecule has 0 spiro atoms. The van der Waals surface area contributed by atoms with Gasteiger partial charge in [0.05, 0.1) is 0 Å². The summed E-state index contributed by atoms with van der Waals surface area (Å²) >= 11 is 0. The summed E-state index contributed by atoms with van der Waals surface area (Å²) in [6.07, 6.45) is 4.35. The molecular formula is C12H16ClF2N. The van der Waals surface area contributed by atoms with Crippen molar-refractivity contribution < 1.29 is 8.78 Å². The van der Waals surface area contributed by atoms with Crippen molar-refractivity contribution in [2.75, 3.05) is 0 Å². The molecule has 1 aromatic carbocycles. The number of hydrogen-bond acceptors (Lipinski definition) is 1. The van der Waals surface area contributed by atoms with Gasteiger partial charge in [0.2, 0.25) is 0 Å². The predicted molar refractivity (Wildman–Crippen MR) is 62.5 cm³/mol. The van der Waals surface area contributed by atoms with Crippen LogP contribution in [0.25, 0.3) is 0 Å². The molecule has 1 atom stereocenters. The van der Waals surface area contributed by atoms with E-state index in [1.54, 1.807) is 6.07 Å². The second-order valence-corrected chi connectivity index (χ2v) is 4.21. The fourth-order valence-electron chi connectivity index (χ4n) is 2.35. The lowest BCUT2D eigenvalue weighted by Gasteiger charge is -2.19. The molecule has 0 heterocycles. The van der Waals surface area contributed by atoms with E-state index in [9.17, 15) is 8.78 Å². The van der Waals surface area contributed by atoms with Crippen LogP contribution in [0.15, 0.2) is 18.2 Å². The molecule has 0 aliphatic heterocycles. The average Bonchev–Trinajstić information content (AvgIpc) is 2.74. The largest absolute Gasteiger partial charge is 0.324 e. The van der Waals surface area contributed by atoms with Crippen molar-refractivity contribution >= 4 is 12.4 Å². The van der Waals surface area contributed by atoms with Gasteiger partial charge in [-0.1, -0.05) is 25.0 Å². The van der Waals surface area contributed by atoms with Crippen LogP contribution in [0.5, 0.6) is 0 Å². The molecule has 1 aliphatic rings. The minimum absolute atomic E-state index is 0. The van der Waals surface area contributed by atoms with Crippen LogP contribution < -0.4 is 5.73 Å². The quantitative estimate of drug-likeness (QED) is 0.850. The first-order chi connectivity index (χ1) is 7.20. The second kappa shape index (κ2) is 5.60. The standard InChI is InChI=1S/C12H15F2N.ClH/c13-10-7-3-6-9(11(10)14)12(15)8-4-1-2-5-8;/h3,6-8,12H,1-2,4-5,15H2;1H/t12-;/m0./s1. The summed E-state index contributed by atoms with van der Waals surface area (Å²) in [7, 11) is 0. The Morgan fingerprint density at radius 2 is 1.81 bits per heavy atom. The maximum atomic E-state index is 13.5. The van der Waals surface area contributed by atoms with Crippen molar-refractivity contribution in [1.82, 2.24) is 0 Å². The van der Waals surface area contributed by atoms with Gasteiger partial charge < -0.3 is 5.73 Å². The predicted octanol–water partition coefficient (Wildman–Crippen LogP) is 3.58. The highest BCUT2D eigenvalue weighted by atomic mass is 35.5. The van der Waals surface area contributed by atoms with Crippen molar-refractivity contribution in [3.05, 3.63) is 35.4 Å². The van der Waals surface area contributed by atoms with Crippen LogP contribution in [-0.4, -0.2) is 0 Å². The molecule has 0 bridgehead atoms. The molecule has 0 aromatic heterocycles. The van der Waals surface area contributed by atoms with Gasteiger partial charge in [0.25, 0.3) is 0 Å². The molecule has 0 unspecified atom stereocenters. The van der Waals surface area contributed by atoms with E-state index in [1.807, 2.05) is 0 Å². The second-order valence-electron chi connectivity index (χ2n) is 4.21. The minimum atomic E-state index is -0.805. The van der Waals surface area contributed by atoms with E-state index in [-0.39, 0.29) is 18.4 Å². The van der Waals surface area contributed by atoms with Gasteiger partial charge in [0.15, 0.2) is 11.6 Å². The number of rotatable bonds is 2. The summed E-state index contributed by atoms with van der Waals surface area (Å²) in [4.78, 5) is 0. The van der Waals surface area contributed by atoms with Gasteiger partial charge in [-0.2, -0.15) is 0 Å². The summed E-state index contributed by atoms with van der Waals surface area (Å²) in [5, 5.41) is 0. The third-order valence-electron chi connectivity index (χ3n) is 3.25. The molecule has 0 amide bonds. The molecular weight excluding hydrogens is 232 g/mol. The highest BCUT2D eigenvalue weighted by Crippen LogP contribution is 2.35. The molecule has 0 saturated heterocycles. The number of halogens is 3. The molecule has 1 nitrogen and oxygen atoms in total. The maximum Gasteiger partial charge on any atom is 0.163 e. The highest BCUT2D eigenvalue weighted by Gasteiger charge is 2.25. The fourth-order valence-corrected chi connectivity index (χ4v) is 2.35. The van der Waals surface area contributed by atoms with Crippen molar-refractivity contribution in [3.8, 4) is 0 Å². The van der Waals surface area contributed by atoms with Crippen LogP contribution in [0.1, 0.15) is 37.3 Å². The molecule has 16 heavy (non-hydrogen) atoms. The summed E-state index contributed by atoms with van der Waals surface area (Å²) < 4.78 is 26.4. The van der Waals surface area contributed by atoms with E-state index in [4.69, 9.17) is 5.73 Å². The van der Waals surface area contributed by atoms with Crippen LogP contribution >= 0.6 is 12.4 Å². The Labute approximate surface area is 100 Å². The number of benzene rings is 1. The zero-order valence-electron chi connectivity index (χ0n) is 8.96. The van der Waals surface area contributed by atoms with E-state index in [1.165, 1.54) is 6.07 Å². The van der Waals surface area contributed by atoms with Gasteiger partial charge in [0, 0.05) is 11.6 Å². The van der Waals surface area contributed by atoms with E-state index in [2.05, 4.69) is 0 Å². The Balaban J connectivity index is 0.00000128. The van der Waals surface area contributed by atoms with Crippen molar-refractivity contribution in [2.45, 2.75) is 31.7 Å². The van der Waals surface area contributed by atoms with E-state index in [0.29, 0.717) is 11.5 Å². The van der Waals surface area contributed by atoms with Gasteiger partial charge in [-0.15, -0.1) is 12.4 Å². The molecule has 1 fully saturated rings. The fraction of sp³-hybridized carbons (Fsp3) is 0.500.